The second-order valence-electron chi connectivity index (χ2n) is 16.4. The Labute approximate surface area is 293 Å². The topological polar surface area (TPSA) is 4.93 Å². The summed E-state index contributed by atoms with van der Waals surface area (Å²) in [5, 5.41) is 2.72. The van der Waals surface area contributed by atoms with Crippen LogP contribution >= 0.6 is 15.9 Å². The zero-order valence-corrected chi connectivity index (χ0v) is 31.9. The molecule has 0 radical (unpaired) electrons. The summed E-state index contributed by atoms with van der Waals surface area (Å²) >= 11 is 3.88. The van der Waals surface area contributed by atoms with Crippen LogP contribution in [-0.4, -0.2) is 4.57 Å². The molecule has 6 rings (SSSR count). The minimum absolute atomic E-state index is 0.0451. The Balaban J connectivity index is 1.59. The van der Waals surface area contributed by atoms with Crippen molar-refractivity contribution >= 4 is 37.7 Å². The Bertz CT molecular complexity index is 1810. The van der Waals surface area contributed by atoms with Gasteiger partial charge in [0, 0.05) is 26.3 Å². The van der Waals surface area contributed by atoms with Crippen LogP contribution in [0.1, 0.15) is 142 Å². The molecule has 0 atom stereocenters. The van der Waals surface area contributed by atoms with E-state index >= 15 is 0 Å². The van der Waals surface area contributed by atoms with Gasteiger partial charge in [0.25, 0.3) is 0 Å². The first kappa shape index (κ1) is 34.0. The molecule has 0 N–H and O–H groups in total. The number of rotatable bonds is 11. The minimum Gasteiger partial charge on any atom is -0.309 e. The highest BCUT2D eigenvalue weighted by molar-refractivity contribution is 9.10. The Morgan fingerprint density at radius 3 is 1.53 bits per heavy atom. The lowest BCUT2D eigenvalue weighted by Gasteiger charge is -2.33. The molecule has 248 valence electrons. The fourth-order valence-corrected chi connectivity index (χ4v) is 8.56. The predicted octanol–water partition coefficient (Wildman–Crippen LogP) is 14.3. The summed E-state index contributed by atoms with van der Waals surface area (Å²) in [5.41, 5.74) is 12.8. The van der Waals surface area contributed by atoms with Gasteiger partial charge < -0.3 is 4.57 Å². The number of aromatic nitrogens is 1. The minimum atomic E-state index is 0.0451. The molecule has 0 spiro atoms. The fourth-order valence-electron chi connectivity index (χ4n) is 8.20. The molecule has 0 saturated heterocycles. The molecule has 1 aliphatic rings. The third kappa shape index (κ3) is 6.37. The van der Waals surface area contributed by atoms with Crippen LogP contribution in [-0.2, 0) is 16.2 Å². The number of unbranched alkanes of at least 4 members (excludes halogenated alkanes) is 6. The van der Waals surface area contributed by atoms with Gasteiger partial charge in [-0.05, 0) is 106 Å². The summed E-state index contributed by atoms with van der Waals surface area (Å²) < 4.78 is 3.75. The van der Waals surface area contributed by atoms with E-state index in [0.29, 0.717) is 0 Å². The van der Waals surface area contributed by atoms with E-state index in [9.17, 15) is 0 Å². The lowest BCUT2D eigenvalue weighted by molar-refractivity contribution is 0.401. The molecular formula is C45H56BrN. The first-order chi connectivity index (χ1) is 22.4. The standard InChI is InChI=1S/C45H56BrN/c1-9-11-13-15-25-45(26-16-14-12-10-2)39-29-33(46)19-21-35(39)36-22-20-34(30-40(36)45)47-41-23-17-31(43(3,4)5)27-37(41)38-28-32(44(6,7)8)18-24-42(38)47/h17-24,27-30H,9-16,25-26H2,1-8H3. The molecule has 1 aromatic heterocycles. The number of hydrogen-bond acceptors (Lipinski definition) is 0. The fraction of sp³-hybridized carbons (Fsp3) is 0.467. The van der Waals surface area contributed by atoms with Crippen molar-refractivity contribution < 1.29 is 0 Å². The molecule has 5 aromatic rings. The van der Waals surface area contributed by atoms with E-state index in [1.807, 2.05) is 0 Å². The van der Waals surface area contributed by atoms with E-state index in [1.54, 1.807) is 11.1 Å². The predicted molar refractivity (Wildman–Crippen MR) is 210 cm³/mol. The van der Waals surface area contributed by atoms with Crippen LogP contribution in [0.4, 0.5) is 0 Å². The molecule has 0 bridgehead atoms. The van der Waals surface area contributed by atoms with Crippen molar-refractivity contribution in [3.63, 3.8) is 0 Å². The maximum Gasteiger partial charge on any atom is 0.0541 e. The van der Waals surface area contributed by atoms with Gasteiger partial charge in [-0.3, -0.25) is 0 Å². The van der Waals surface area contributed by atoms with Crippen LogP contribution < -0.4 is 0 Å². The first-order valence-corrected chi connectivity index (χ1v) is 19.2. The number of fused-ring (bicyclic) bond motifs is 6. The van der Waals surface area contributed by atoms with Gasteiger partial charge in [0.05, 0.1) is 11.0 Å². The second kappa shape index (κ2) is 13.2. The van der Waals surface area contributed by atoms with Gasteiger partial charge in [-0.1, -0.05) is 147 Å². The number of benzene rings is 4. The van der Waals surface area contributed by atoms with Crippen LogP contribution in [0.25, 0.3) is 38.6 Å². The molecule has 0 amide bonds. The lowest BCUT2D eigenvalue weighted by atomic mass is 9.70. The largest absolute Gasteiger partial charge is 0.309 e. The van der Waals surface area contributed by atoms with Crippen molar-refractivity contribution in [2.75, 3.05) is 0 Å². The Morgan fingerprint density at radius 2 is 1.04 bits per heavy atom. The Morgan fingerprint density at radius 1 is 0.553 bits per heavy atom. The Kier molecular flexibility index (Phi) is 9.58. The van der Waals surface area contributed by atoms with E-state index < -0.39 is 0 Å². The van der Waals surface area contributed by atoms with Crippen molar-refractivity contribution in [2.45, 2.75) is 136 Å². The Hall–Kier alpha value is -2.84. The third-order valence-corrected chi connectivity index (χ3v) is 11.5. The van der Waals surface area contributed by atoms with E-state index in [1.165, 1.54) is 118 Å². The molecule has 1 nitrogen and oxygen atoms in total. The maximum absolute atomic E-state index is 3.88. The van der Waals surface area contributed by atoms with Crippen LogP contribution in [0, 0.1) is 0 Å². The normalized spacial score (nSPS) is 14.2. The molecule has 0 aliphatic heterocycles. The summed E-state index contributed by atoms with van der Waals surface area (Å²) in [4.78, 5) is 0. The average molecular weight is 691 g/mol. The lowest BCUT2D eigenvalue weighted by Crippen LogP contribution is -2.26. The van der Waals surface area contributed by atoms with Crippen LogP contribution in [0.5, 0.6) is 0 Å². The average Bonchev–Trinajstić information content (AvgIpc) is 3.49. The summed E-state index contributed by atoms with van der Waals surface area (Å²) in [6.45, 7) is 18.6. The molecule has 2 heteroatoms. The van der Waals surface area contributed by atoms with Crippen molar-refractivity contribution in [1.82, 2.24) is 4.57 Å². The summed E-state index contributed by atoms with van der Waals surface area (Å²) in [5.74, 6) is 0. The van der Waals surface area contributed by atoms with Gasteiger partial charge >= 0.3 is 0 Å². The molecule has 0 saturated carbocycles. The SMILES string of the molecule is CCCCCCC1(CCCCCC)c2cc(Br)ccc2-c2ccc(-n3c4ccc(C(C)(C)C)cc4c4cc(C(C)(C)C)ccc43)cc21. The highest BCUT2D eigenvalue weighted by atomic mass is 79.9. The zero-order chi connectivity index (χ0) is 33.6. The first-order valence-electron chi connectivity index (χ1n) is 18.4. The smallest absolute Gasteiger partial charge is 0.0541 e. The summed E-state index contributed by atoms with van der Waals surface area (Å²) in [7, 11) is 0. The van der Waals surface area contributed by atoms with Gasteiger partial charge in [-0.2, -0.15) is 0 Å². The van der Waals surface area contributed by atoms with Gasteiger partial charge in [-0.15, -0.1) is 0 Å². The number of nitrogens with zero attached hydrogens (tertiary/aromatic N) is 1. The van der Waals surface area contributed by atoms with Gasteiger partial charge in [-0.25, -0.2) is 0 Å². The van der Waals surface area contributed by atoms with Crippen molar-refractivity contribution in [3.05, 3.63) is 99.5 Å². The van der Waals surface area contributed by atoms with Crippen molar-refractivity contribution in [1.29, 1.82) is 0 Å². The molecule has 47 heavy (non-hydrogen) atoms. The summed E-state index contributed by atoms with van der Waals surface area (Å²) in [6, 6.07) is 28.9. The second-order valence-corrected chi connectivity index (χ2v) is 17.3. The highest BCUT2D eigenvalue weighted by Gasteiger charge is 2.42. The molecular weight excluding hydrogens is 634 g/mol. The number of halogens is 1. The molecule has 0 unspecified atom stereocenters. The van der Waals surface area contributed by atoms with Crippen LogP contribution in [0.3, 0.4) is 0 Å². The quantitative estimate of drug-likeness (QED) is 0.122. The van der Waals surface area contributed by atoms with E-state index in [4.69, 9.17) is 0 Å². The maximum atomic E-state index is 3.88. The van der Waals surface area contributed by atoms with Gasteiger partial charge in [0.2, 0.25) is 0 Å². The van der Waals surface area contributed by atoms with Crippen LogP contribution in [0.15, 0.2) is 77.3 Å². The van der Waals surface area contributed by atoms with Gasteiger partial charge in [0.15, 0.2) is 0 Å². The molecule has 1 heterocycles. The molecule has 4 aromatic carbocycles. The van der Waals surface area contributed by atoms with Crippen LogP contribution in [0.2, 0.25) is 0 Å². The monoisotopic (exact) mass is 689 g/mol. The van der Waals surface area contributed by atoms with E-state index in [0.717, 1.165) is 0 Å². The number of hydrogen-bond donors (Lipinski definition) is 0. The van der Waals surface area contributed by atoms with E-state index in [-0.39, 0.29) is 16.2 Å². The molecule has 1 aliphatic carbocycles. The van der Waals surface area contributed by atoms with Crippen molar-refractivity contribution in [2.24, 2.45) is 0 Å². The van der Waals surface area contributed by atoms with Crippen molar-refractivity contribution in [3.8, 4) is 16.8 Å². The summed E-state index contributed by atoms with van der Waals surface area (Å²) in [6.07, 6.45) is 12.8. The van der Waals surface area contributed by atoms with Gasteiger partial charge in [0.1, 0.15) is 0 Å². The molecule has 0 fully saturated rings. The highest BCUT2D eigenvalue weighted by Crippen LogP contribution is 2.55. The zero-order valence-electron chi connectivity index (χ0n) is 30.3. The third-order valence-electron chi connectivity index (χ3n) is 11.0. The van der Waals surface area contributed by atoms with E-state index in [2.05, 4.69) is 149 Å².